The van der Waals surface area contributed by atoms with E-state index in [1.54, 1.807) is 29.9 Å². The molecule has 1 N–H and O–H groups in total. The first kappa shape index (κ1) is 12.7. The summed E-state index contributed by atoms with van der Waals surface area (Å²) in [5, 5.41) is 10.7. The summed E-state index contributed by atoms with van der Waals surface area (Å²) in [5.74, 6) is 0.664. The SMILES string of the molecule is CN(Cc1nccs1)c1ncc2cn[nH]c2n1.Cl. The smallest absolute Gasteiger partial charge is 0.227 e. The molecule has 0 radical (unpaired) electrons. The summed E-state index contributed by atoms with van der Waals surface area (Å²) in [6, 6.07) is 0. The van der Waals surface area contributed by atoms with Gasteiger partial charge in [0.1, 0.15) is 5.01 Å². The number of thiazole rings is 1. The predicted molar refractivity (Wildman–Crippen MR) is 73.2 cm³/mol. The molecule has 0 aliphatic heterocycles. The van der Waals surface area contributed by atoms with Crippen molar-refractivity contribution in [3.63, 3.8) is 0 Å². The van der Waals surface area contributed by atoms with E-state index in [0.29, 0.717) is 12.5 Å². The van der Waals surface area contributed by atoms with Crippen molar-refractivity contribution in [2.45, 2.75) is 6.54 Å². The molecule has 94 valence electrons. The van der Waals surface area contributed by atoms with Crippen LogP contribution < -0.4 is 4.90 Å². The van der Waals surface area contributed by atoms with E-state index in [1.807, 2.05) is 17.3 Å². The topological polar surface area (TPSA) is 70.6 Å². The van der Waals surface area contributed by atoms with Gasteiger partial charge in [-0.1, -0.05) is 0 Å². The summed E-state index contributed by atoms with van der Waals surface area (Å²) >= 11 is 1.62. The summed E-state index contributed by atoms with van der Waals surface area (Å²) in [7, 11) is 1.94. The zero-order chi connectivity index (χ0) is 11.7. The lowest BCUT2D eigenvalue weighted by Gasteiger charge is -2.14. The van der Waals surface area contributed by atoms with Gasteiger partial charge in [0.2, 0.25) is 5.95 Å². The highest BCUT2D eigenvalue weighted by Gasteiger charge is 2.08. The lowest BCUT2D eigenvalue weighted by molar-refractivity contribution is 0.863. The first-order valence-electron chi connectivity index (χ1n) is 5.08. The molecule has 18 heavy (non-hydrogen) atoms. The molecule has 3 rings (SSSR count). The fourth-order valence-electron chi connectivity index (χ4n) is 1.52. The van der Waals surface area contributed by atoms with Crippen molar-refractivity contribution in [1.82, 2.24) is 25.1 Å². The number of aromatic nitrogens is 5. The van der Waals surface area contributed by atoms with Crippen LogP contribution in [-0.2, 0) is 6.54 Å². The van der Waals surface area contributed by atoms with Gasteiger partial charge in [-0.3, -0.25) is 5.10 Å². The Morgan fingerprint density at radius 2 is 2.22 bits per heavy atom. The van der Waals surface area contributed by atoms with Crippen LogP contribution in [0.3, 0.4) is 0 Å². The third-order valence-electron chi connectivity index (χ3n) is 2.38. The standard InChI is InChI=1S/C10H10N6S.ClH/c1-16(6-8-11-2-3-17-8)10-12-4-7-5-13-15-9(7)14-10;/h2-5H,6H2,1H3,(H,12,13,14,15);1H. The largest absolute Gasteiger partial charge is 0.337 e. The minimum atomic E-state index is 0. The molecule has 0 aliphatic rings. The number of hydrogen-bond donors (Lipinski definition) is 1. The van der Waals surface area contributed by atoms with Crippen molar-refractivity contribution >= 4 is 40.7 Å². The Hall–Kier alpha value is -1.73. The quantitative estimate of drug-likeness (QED) is 0.794. The van der Waals surface area contributed by atoms with Gasteiger partial charge < -0.3 is 4.90 Å². The highest BCUT2D eigenvalue weighted by Crippen LogP contribution is 2.14. The van der Waals surface area contributed by atoms with Crippen LogP contribution in [-0.4, -0.2) is 32.2 Å². The molecule has 0 fully saturated rings. The molecule has 0 aliphatic carbocycles. The molecule has 3 aromatic rings. The number of nitrogens with zero attached hydrogens (tertiary/aromatic N) is 5. The van der Waals surface area contributed by atoms with E-state index in [4.69, 9.17) is 0 Å². The van der Waals surface area contributed by atoms with E-state index < -0.39 is 0 Å². The van der Waals surface area contributed by atoms with E-state index in [-0.39, 0.29) is 12.4 Å². The molecule has 0 bridgehead atoms. The van der Waals surface area contributed by atoms with E-state index in [1.165, 1.54) is 0 Å². The lowest BCUT2D eigenvalue weighted by atomic mass is 10.4. The highest BCUT2D eigenvalue weighted by atomic mass is 35.5. The van der Waals surface area contributed by atoms with Crippen LogP contribution in [0.4, 0.5) is 5.95 Å². The average Bonchev–Trinajstić information content (AvgIpc) is 2.97. The van der Waals surface area contributed by atoms with Gasteiger partial charge in [-0.05, 0) is 0 Å². The van der Waals surface area contributed by atoms with Crippen LogP contribution >= 0.6 is 23.7 Å². The van der Waals surface area contributed by atoms with Crippen LogP contribution in [0.15, 0.2) is 24.0 Å². The maximum Gasteiger partial charge on any atom is 0.227 e. The first-order valence-corrected chi connectivity index (χ1v) is 5.96. The molecule has 8 heteroatoms. The van der Waals surface area contributed by atoms with Gasteiger partial charge in [0.15, 0.2) is 5.65 Å². The third-order valence-corrected chi connectivity index (χ3v) is 3.14. The second kappa shape index (κ2) is 5.28. The predicted octanol–water partition coefficient (Wildman–Crippen LogP) is 1.87. The Bertz CT molecular complexity index is 622. The monoisotopic (exact) mass is 282 g/mol. The van der Waals surface area contributed by atoms with Gasteiger partial charge in [0, 0.05) is 24.8 Å². The molecule has 3 heterocycles. The molecule has 0 saturated heterocycles. The second-order valence-corrected chi connectivity index (χ2v) is 4.60. The van der Waals surface area contributed by atoms with Crippen LogP contribution in [0.25, 0.3) is 11.0 Å². The van der Waals surface area contributed by atoms with E-state index in [0.717, 1.165) is 16.0 Å². The summed E-state index contributed by atoms with van der Waals surface area (Å²) < 4.78 is 0. The molecular weight excluding hydrogens is 272 g/mol. The van der Waals surface area contributed by atoms with Gasteiger partial charge in [-0.15, -0.1) is 23.7 Å². The van der Waals surface area contributed by atoms with Gasteiger partial charge in [0.25, 0.3) is 0 Å². The number of nitrogens with one attached hydrogen (secondary N) is 1. The molecule has 3 aromatic heterocycles. The Labute approximate surface area is 114 Å². The maximum atomic E-state index is 4.39. The Morgan fingerprint density at radius 1 is 1.33 bits per heavy atom. The van der Waals surface area contributed by atoms with Gasteiger partial charge in [-0.2, -0.15) is 10.1 Å². The van der Waals surface area contributed by atoms with E-state index in [2.05, 4.69) is 25.1 Å². The number of fused-ring (bicyclic) bond motifs is 1. The molecule has 0 aromatic carbocycles. The van der Waals surface area contributed by atoms with Crippen molar-refractivity contribution < 1.29 is 0 Å². The van der Waals surface area contributed by atoms with Crippen molar-refractivity contribution in [1.29, 1.82) is 0 Å². The van der Waals surface area contributed by atoms with E-state index >= 15 is 0 Å². The van der Waals surface area contributed by atoms with Crippen LogP contribution in [0, 0.1) is 0 Å². The van der Waals surface area contributed by atoms with Crippen LogP contribution in [0.5, 0.6) is 0 Å². The molecular formula is C10H11ClN6S. The van der Waals surface area contributed by atoms with Crippen LogP contribution in [0.2, 0.25) is 0 Å². The maximum absolute atomic E-state index is 4.39. The molecule has 6 nitrogen and oxygen atoms in total. The van der Waals surface area contributed by atoms with Gasteiger partial charge in [0.05, 0.1) is 18.1 Å². The van der Waals surface area contributed by atoms with Crippen molar-refractivity contribution in [3.8, 4) is 0 Å². The zero-order valence-corrected chi connectivity index (χ0v) is 11.2. The Balaban J connectivity index is 0.00000120. The summed E-state index contributed by atoms with van der Waals surface area (Å²) in [5.41, 5.74) is 0.751. The van der Waals surface area contributed by atoms with Gasteiger partial charge >= 0.3 is 0 Å². The fourth-order valence-corrected chi connectivity index (χ4v) is 2.19. The molecule has 0 atom stereocenters. The Morgan fingerprint density at radius 3 is 3.00 bits per heavy atom. The van der Waals surface area contributed by atoms with Crippen molar-refractivity contribution in [2.75, 3.05) is 11.9 Å². The molecule has 0 amide bonds. The Kier molecular flexibility index (Phi) is 3.73. The summed E-state index contributed by atoms with van der Waals surface area (Å²) in [4.78, 5) is 14.9. The summed E-state index contributed by atoms with van der Waals surface area (Å²) in [6.07, 6.45) is 5.27. The van der Waals surface area contributed by atoms with E-state index in [9.17, 15) is 0 Å². The number of aromatic amines is 1. The minimum Gasteiger partial charge on any atom is -0.337 e. The molecule has 0 saturated carbocycles. The highest BCUT2D eigenvalue weighted by molar-refractivity contribution is 7.09. The number of rotatable bonds is 3. The second-order valence-electron chi connectivity index (χ2n) is 3.63. The normalized spacial score (nSPS) is 10.3. The lowest BCUT2D eigenvalue weighted by Crippen LogP contribution is -2.18. The number of H-pyrrole nitrogens is 1. The first-order chi connectivity index (χ1) is 8.33. The number of anilines is 1. The number of halogens is 1. The van der Waals surface area contributed by atoms with Crippen LogP contribution in [0.1, 0.15) is 5.01 Å². The van der Waals surface area contributed by atoms with Gasteiger partial charge in [-0.25, -0.2) is 9.97 Å². The average molecular weight is 283 g/mol. The number of hydrogen-bond acceptors (Lipinski definition) is 6. The van der Waals surface area contributed by atoms with Crippen molar-refractivity contribution in [3.05, 3.63) is 29.0 Å². The molecule has 0 unspecified atom stereocenters. The fraction of sp³-hybridized carbons (Fsp3) is 0.200. The summed E-state index contributed by atoms with van der Waals surface area (Å²) in [6.45, 7) is 0.706. The molecule has 0 spiro atoms. The van der Waals surface area contributed by atoms with Crippen molar-refractivity contribution in [2.24, 2.45) is 0 Å². The third kappa shape index (κ3) is 2.41. The zero-order valence-electron chi connectivity index (χ0n) is 9.57. The minimum absolute atomic E-state index is 0.